The van der Waals surface area contributed by atoms with Crippen molar-refractivity contribution in [2.24, 2.45) is 7.05 Å². The molecule has 3 aliphatic rings. The predicted octanol–water partition coefficient (Wildman–Crippen LogP) is 3.51. The number of aromatic nitrogens is 4. The highest BCUT2D eigenvalue weighted by Gasteiger charge is 2.48. The Labute approximate surface area is 183 Å². The number of halogens is 1. The Morgan fingerprint density at radius 3 is 2.81 bits per heavy atom. The molecule has 2 saturated heterocycles. The lowest BCUT2D eigenvalue weighted by Gasteiger charge is -2.40. The van der Waals surface area contributed by atoms with E-state index in [1.54, 1.807) is 16.9 Å². The quantitative estimate of drug-likeness (QED) is 0.632. The van der Waals surface area contributed by atoms with Crippen molar-refractivity contribution in [3.63, 3.8) is 0 Å². The molecule has 2 aromatic heterocycles. The molecule has 2 N–H and O–H groups in total. The first-order valence-electron chi connectivity index (χ1n) is 10.9. The van der Waals surface area contributed by atoms with Gasteiger partial charge in [0.2, 0.25) is 5.13 Å². The van der Waals surface area contributed by atoms with Gasteiger partial charge in [0.1, 0.15) is 11.9 Å². The molecule has 4 atom stereocenters. The summed E-state index contributed by atoms with van der Waals surface area (Å²) in [6.45, 7) is 0. The molecule has 1 aromatic carbocycles. The normalized spacial score (nSPS) is 27.5. The Balaban J connectivity index is 1.29. The number of nitrogens with one attached hydrogen (secondary N) is 1. The molecule has 4 heterocycles. The number of phenols is 1. The molecule has 31 heavy (non-hydrogen) atoms. The van der Waals surface area contributed by atoms with Gasteiger partial charge in [0.25, 0.3) is 0 Å². The lowest BCUT2D eigenvalue weighted by Crippen LogP contribution is -2.57. The van der Waals surface area contributed by atoms with Gasteiger partial charge in [-0.25, -0.2) is 4.39 Å². The molecule has 2 unspecified atom stereocenters. The zero-order valence-corrected chi connectivity index (χ0v) is 18.1. The van der Waals surface area contributed by atoms with Gasteiger partial charge in [0.05, 0.1) is 17.8 Å². The summed E-state index contributed by atoms with van der Waals surface area (Å²) in [5.41, 5.74) is 2.48. The van der Waals surface area contributed by atoms with Crippen LogP contribution in [0.1, 0.15) is 32.1 Å². The second-order valence-corrected chi connectivity index (χ2v) is 9.91. The molecule has 0 amide bonds. The highest BCUT2D eigenvalue weighted by Crippen LogP contribution is 2.43. The number of alkyl halides is 1. The number of anilines is 1. The van der Waals surface area contributed by atoms with E-state index in [-0.39, 0.29) is 17.8 Å². The number of aromatic hydroxyl groups is 1. The summed E-state index contributed by atoms with van der Waals surface area (Å²) in [4.78, 5) is 2.19. The highest BCUT2D eigenvalue weighted by molar-refractivity contribution is 7.18. The fraction of sp³-hybridized carbons (Fsp3) is 0.500. The van der Waals surface area contributed by atoms with E-state index >= 15 is 4.39 Å². The fourth-order valence-electron chi connectivity index (χ4n) is 5.06. The first kappa shape index (κ1) is 19.2. The number of fused-ring (bicyclic) bond motifs is 2. The number of hydrogen-bond donors (Lipinski definition) is 2. The lowest BCUT2D eigenvalue weighted by atomic mass is 9.96. The van der Waals surface area contributed by atoms with E-state index in [9.17, 15) is 5.11 Å². The van der Waals surface area contributed by atoms with Crippen molar-refractivity contribution in [2.75, 3.05) is 4.90 Å². The van der Waals surface area contributed by atoms with Gasteiger partial charge in [-0.05, 0) is 49.8 Å². The maximum atomic E-state index is 15.3. The smallest absolute Gasteiger partial charge is 0.209 e. The zero-order valence-electron chi connectivity index (χ0n) is 17.3. The average Bonchev–Trinajstić information content (AvgIpc) is 3.13. The SMILES string of the molecule is Cn1cc(-c2ccc(-c3nnc(N(C4CC4)[C@@H]4CC5CCC(N5)[C@@H]4F)s3)c(O)c2)cn1. The first-order chi connectivity index (χ1) is 15.1. The van der Waals surface area contributed by atoms with Crippen molar-refractivity contribution in [1.29, 1.82) is 0 Å². The third-order valence-electron chi connectivity index (χ3n) is 6.75. The monoisotopic (exact) mass is 440 g/mol. The van der Waals surface area contributed by atoms with Crippen molar-refractivity contribution >= 4 is 16.5 Å². The number of rotatable bonds is 5. The van der Waals surface area contributed by atoms with Gasteiger partial charge in [-0.3, -0.25) is 4.68 Å². The third-order valence-corrected chi connectivity index (χ3v) is 7.72. The maximum Gasteiger partial charge on any atom is 0.209 e. The van der Waals surface area contributed by atoms with Crippen LogP contribution in [0.15, 0.2) is 30.6 Å². The minimum Gasteiger partial charge on any atom is -0.507 e. The van der Waals surface area contributed by atoms with Crippen molar-refractivity contribution in [3.8, 4) is 27.4 Å². The molecule has 1 saturated carbocycles. The van der Waals surface area contributed by atoms with Crippen LogP contribution in [0.2, 0.25) is 0 Å². The zero-order chi connectivity index (χ0) is 21.1. The Kier molecular flexibility index (Phi) is 4.50. The van der Waals surface area contributed by atoms with E-state index in [0.717, 1.165) is 48.4 Å². The summed E-state index contributed by atoms with van der Waals surface area (Å²) >= 11 is 1.44. The van der Waals surface area contributed by atoms with E-state index in [4.69, 9.17) is 0 Å². The summed E-state index contributed by atoms with van der Waals surface area (Å²) in [6.07, 6.45) is 7.72. The van der Waals surface area contributed by atoms with Gasteiger partial charge in [-0.1, -0.05) is 17.4 Å². The molecule has 3 aromatic rings. The second kappa shape index (κ2) is 7.27. The molecule has 6 rings (SSSR count). The summed E-state index contributed by atoms with van der Waals surface area (Å²) in [7, 11) is 1.86. The standard InChI is InChI=1S/C22H25FN6OS/c1-28-11-13(10-24-28)12-2-6-16(19(30)8-12)21-26-27-22(31-21)29(15-4-5-15)18-9-14-3-7-17(25-14)20(18)23/h2,6,8,10-11,14-15,17-18,20,25,30H,3-5,7,9H2,1H3/t14?,17?,18-,20+/m1/s1. The minimum atomic E-state index is -0.890. The molecule has 2 aliphatic heterocycles. The van der Waals surface area contributed by atoms with Crippen LogP contribution in [0.5, 0.6) is 5.75 Å². The van der Waals surface area contributed by atoms with Crippen LogP contribution in [0.4, 0.5) is 9.52 Å². The first-order valence-corrected chi connectivity index (χ1v) is 11.7. The number of benzene rings is 1. The van der Waals surface area contributed by atoms with Crippen LogP contribution in [0.3, 0.4) is 0 Å². The highest BCUT2D eigenvalue weighted by atomic mass is 32.1. The number of piperidine rings is 1. The van der Waals surface area contributed by atoms with Gasteiger partial charge in [0, 0.05) is 36.9 Å². The molecular weight excluding hydrogens is 415 g/mol. The Hall–Kier alpha value is -2.52. The maximum absolute atomic E-state index is 15.3. The van der Waals surface area contributed by atoms with Crippen LogP contribution in [0.25, 0.3) is 21.7 Å². The minimum absolute atomic E-state index is 0.0403. The molecule has 9 heteroatoms. The molecule has 7 nitrogen and oxygen atoms in total. The van der Waals surface area contributed by atoms with Crippen LogP contribution in [-0.2, 0) is 7.05 Å². The molecule has 2 bridgehead atoms. The number of phenolic OH excluding ortho intramolecular Hbond substituents is 1. The topological polar surface area (TPSA) is 79.1 Å². The molecule has 0 spiro atoms. The summed E-state index contributed by atoms with van der Waals surface area (Å²) in [6, 6.07) is 6.12. The summed E-state index contributed by atoms with van der Waals surface area (Å²) in [5, 5.41) is 28.5. The van der Waals surface area contributed by atoms with Crippen LogP contribution in [0, 0.1) is 0 Å². The van der Waals surface area contributed by atoms with Crippen molar-refractivity contribution in [3.05, 3.63) is 30.6 Å². The lowest BCUT2D eigenvalue weighted by molar-refractivity contribution is 0.172. The Bertz CT molecular complexity index is 1110. The third kappa shape index (κ3) is 3.40. The molecule has 1 aliphatic carbocycles. The van der Waals surface area contributed by atoms with Gasteiger partial charge < -0.3 is 15.3 Å². The number of nitrogens with zero attached hydrogens (tertiary/aromatic N) is 5. The summed E-state index contributed by atoms with van der Waals surface area (Å²) in [5.74, 6) is 0.158. The van der Waals surface area contributed by atoms with Crippen LogP contribution < -0.4 is 10.2 Å². The van der Waals surface area contributed by atoms with Crippen molar-refractivity contribution in [1.82, 2.24) is 25.3 Å². The van der Waals surface area contributed by atoms with E-state index in [2.05, 4.69) is 25.5 Å². The van der Waals surface area contributed by atoms with Crippen molar-refractivity contribution in [2.45, 2.75) is 62.4 Å². The van der Waals surface area contributed by atoms with E-state index in [0.29, 0.717) is 22.7 Å². The van der Waals surface area contributed by atoms with Crippen molar-refractivity contribution < 1.29 is 9.50 Å². The molecular formula is C22H25FN6OS. The average molecular weight is 441 g/mol. The molecule has 0 radical (unpaired) electrons. The van der Waals surface area contributed by atoms with E-state index in [1.165, 1.54) is 11.3 Å². The van der Waals surface area contributed by atoms with Gasteiger partial charge in [-0.2, -0.15) is 5.10 Å². The Morgan fingerprint density at radius 2 is 2.06 bits per heavy atom. The fourth-order valence-corrected chi connectivity index (χ4v) is 6.07. The van der Waals surface area contributed by atoms with Gasteiger partial charge >= 0.3 is 0 Å². The predicted molar refractivity (Wildman–Crippen MR) is 118 cm³/mol. The van der Waals surface area contributed by atoms with Crippen LogP contribution in [-0.4, -0.2) is 55.4 Å². The van der Waals surface area contributed by atoms with E-state index < -0.39 is 6.17 Å². The van der Waals surface area contributed by atoms with Crippen LogP contribution >= 0.6 is 11.3 Å². The molecule has 3 fully saturated rings. The summed E-state index contributed by atoms with van der Waals surface area (Å²) < 4.78 is 17.0. The Morgan fingerprint density at radius 1 is 1.19 bits per heavy atom. The number of hydrogen-bond acceptors (Lipinski definition) is 7. The molecule has 162 valence electrons. The number of aryl methyl sites for hydroxylation is 1. The largest absolute Gasteiger partial charge is 0.507 e. The van der Waals surface area contributed by atoms with Gasteiger partial charge in [0.15, 0.2) is 5.01 Å². The second-order valence-electron chi connectivity index (χ2n) is 8.96. The van der Waals surface area contributed by atoms with E-state index in [1.807, 2.05) is 25.4 Å². The van der Waals surface area contributed by atoms with Gasteiger partial charge in [-0.15, -0.1) is 10.2 Å².